The van der Waals surface area contributed by atoms with Crippen molar-refractivity contribution in [2.24, 2.45) is 5.73 Å². The Kier molecular flexibility index (Phi) is 8.70. The molecule has 28 heavy (non-hydrogen) atoms. The van der Waals surface area contributed by atoms with Gasteiger partial charge in [0.2, 0.25) is 15.9 Å². The van der Waals surface area contributed by atoms with Crippen LogP contribution in [0.1, 0.15) is 31.2 Å². The standard InChI is InChI=1S/C19H29N3O4S.ClH/c20-15-17-3-1-2-10-22(17)19(23)9-6-16-4-7-18(8-5-16)27(24,25)21-11-13-26-14-12-21;/h4-5,7-8,17H,1-3,6,9-15,20H2;1H. The zero-order valence-electron chi connectivity index (χ0n) is 16.1. The Morgan fingerprint density at radius 2 is 1.79 bits per heavy atom. The first-order chi connectivity index (χ1) is 13.0. The van der Waals surface area contributed by atoms with E-state index < -0.39 is 10.0 Å². The second-order valence-corrected chi connectivity index (χ2v) is 9.07. The fourth-order valence-corrected chi connectivity index (χ4v) is 5.14. The van der Waals surface area contributed by atoms with E-state index in [-0.39, 0.29) is 24.4 Å². The van der Waals surface area contributed by atoms with Crippen LogP contribution in [0.2, 0.25) is 0 Å². The summed E-state index contributed by atoms with van der Waals surface area (Å²) >= 11 is 0. The molecule has 2 aliphatic heterocycles. The van der Waals surface area contributed by atoms with E-state index in [1.165, 1.54) is 4.31 Å². The van der Waals surface area contributed by atoms with E-state index in [2.05, 4.69) is 0 Å². The molecule has 0 spiro atoms. The molecule has 2 fully saturated rings. The first-order valence-electron chi connectivity index (χ1n) is 9.69. The molecule has 158 valence electrons. The van der Waals surface area contributed by atoms with Gasteiger partial charge in [-0.2, -0.15) is 4.31 Å². The van der Waals surface area contributed by atoms with Crippen LogP contribution in [0.3, 0.4) is 0 Å². The molecule has 9 heteroatoms. The number of piperidine rings is 1. The van der Waals surface area contributed by atoms with E-state index in [9.17, 15) is 13.2 Å². The number of sulfonamides is 1. The minimum Gasteiger partial charge on any atom is -0.379 e. The Morgan fingerprint density at radius 1 is 1.11 bits per heavy atom. The Balaban J connectivity index is 0.00000280. The summed E-state index contributed by atoms with van der Waals surface area (Å²) in [6, 6.07) is 7.03. The summed E-state index contributed by atoms with van der Waals surface area (Å²) < 4.78 is 32.0. The quantitative estimate of drug-likeness (QED) is 0.734. The highest BCUT2D eigenvalue weighted by atomic mass is 35.5. The van der Waals surface area contributed by atoms with Gasteiger partial charge in [0.25, 0.3) is 0 Å². The molecule has 0 radical (unpaired) electrons. The summed E-state index contributed by atoms with van der Waals surface area (Å²) in [6.45, 7) is 2.93. The lowest BCUT2D eigenvalue weighted by molar-refractivity contribution is -0.134. The van der Waals surface area contributed by atoms with Gasteiger partial charge in [0.1, 0.15) is 0 Å². The van der Waals surface area contributed by atoms with Crippen LogP contribution in [-0.4, -0.2) is 69.0 Å². The highest BCUT2D eigenvalue weighted by molar-refractivity contribution is 7.89. The average molecular weight is 432 g/mol. The first kappa shape index (κ1) is 23.1. The predicted molar refractivity (Wildman–Crippen MR) is 110 cm³/mol. The molecule has 7 nitrogen and oxygen atoms in total. The minimum atomic E-state index is -3.47. The molecule has 0 aliphatic carbocycles. The van der Waals surface area contributed by atoms with E-state index in [1.807, 2.05) is 4.90 Å². The van der Waals surface area contributed by atoms with E-state index in [0.717, 1.165) is 31.4 Å². The number of rotatable bonds is 6. The molecule has 3 rings (SSSR count). The SMILES string of the molecule is Cl.NCC1CCCCN1C(=O)CCc1ccc(S(=O)(=O)N2CCOCC2)cc1. The summed E-state index contributed by atoms with van der Waals surface area (Å²) in [6.07, 6.45) is 4.17. The van der Waals surface area contributed by atoms with Crippen molar-refractivity contribution in [1.29, 1.82) is 0 Å². The molecule has 1 amide bonds. The van der Waals surface area contributed by atoms with Crippen molar-refractivity contribution in [3.63, 3.8) is 0 Å². The number of benzene rings is 1. The van der Waals surface area contributed by atoms with Crippen LogP contribution in [0.15, 0.2) is 29.2 Å². The van der Waals surface area contributed by atoms with Gasteiger partial charge in [-0.3, -0.25) is 4.79 Å². The number of halogens is 1. The van der Waals surface area contributed by atoms with Crippen LogP contribution < -0.4 is 5.73 Å². The zero-order chi connectivity index (χ0) is 19.3. The summed E-state index contributed by atoms with van der Waals surface area (Å²) in [5.74, 6) is 0.134. The van der Waals surface area contributed by atoms with E-state index in [4.69, 9.17) is 10.5 Å². The summed E-state index contributed by atoms with van der Waals surface area (Å²) in [5, 5.41) is 0. The number of amides is 1. The molecule has 1 unspecified atom stereocenters. The van der Waals surface area contributed by atoms with Crippen molar-refractivity contribution >= 4 is 28.3 Å². The fraction of sp³-hybridized carbons (Fsp3) is 0.632. The van der Waals surface area contributed by atoms with Gasteiger partial charge >= 0.3 is 0 Å². The van der Waals surface area contributed by atoms with Gasteiger partial charge < -0.3 is 15.4 Å². The summed E-state index contributed by atoms with van der Waals surface area (Å²) in [5.41, 5.74) is 6.76. The maximum Gasteiger partial charge on any atom is 0.243 e. The van der Waals surface area contributed by atoms with E-state index in [1.54, 1.807) is 24.3 Å². The molecule has 2 heterocycles. The molecule has 2 aliphatic rings. The van der Waals surface area contributed by atoms with Crippen molar-refractivity contribution in [2.75, 3.05) is 39.4 Å². The highest BCUT2D eigenvalue weighted by Crippen LogP contribution is 2.20. The van der Waals surface area contributed by atoms with Crippen molar-refractivity contribution in [1.82, 2.24) is 9.21 Å². The second kappa shape index (κ2) is 10.5. The van der Waals surface area contributed by atoms with Crippen molar-refractivity contribution in [2.45, 2.75) is 43.0 Å². The van der Waals surface area contributed by atoms with Gasteiger partial charge in [-0.15, -0.1) is 12.4 Å². The number of ether oxygens (including phenoxy) is 1. The van der Waals surface area contributed by atoms with Crippen molar-refractivity contribution in [3.8, 4) is 0 Å². The summed E-state index contributed by atoms with van der Waals surface area (Å²) in [7, 11) is -3.47. The number of nitrogens with zero attached hydrogens (tertiary/aromatic N) is 2. The minimum absolute atomic E-state index is 0. The molecule has 1 atom stereocenters. The highest BCUT2D eigenvalue weighted by Gasteiger charge is 2.27. The van der Waals surface area contributed by atoms with Crippen LogP contribution in [0.4, 0.5) is 0 Å². The molecular formula is C19H30ClN3O4S. The van der Waals surface area contributed by atoms with Crippen LogP contribution >= 0.6 is 12.4 Å². The number of hydrogen-bond donors (Lipinski definition) is 1. The Morgan fingerprint density at radius 3 is 2.43 bits per heavy atom. The van der Waals surface area contributed by atoms with E-state index >= 15 is 0 Å². The number of carbonyl (C=O) groups is 1. The Hall–Kier alpha value is -1.19. The third-order valence-corrected chi connectivity index (χ3v) is 7.29. The van der Waals surface area contributed by atoms with E-state index in [0.29, 0.717) is 50.6 Å². The molecule has 1 aromatic carbocycles. The largest absolute Gasteiger partial charge is 0.379 e. The lowest BCUT2D eigenvalue weighted by Gasteiger charge is -2.35. The fourth-order valence-electron chi connectivity index (χ4n) is 3.73. The number of aryl methyl sites for hydroxylation is 1. The van der Waals surface area contributed by atoms with Gasteiger partial charge in [0.05, 0.1) is 18.1 Å². The zero-order valence-corrected chi connectivity index (χ0v) is 17.7. The maximum atomic E-state index is 12.6. The van der Waals surface area contributed by atoms with Crippen molar-refractivity contribution < 1.29 is 17.9 Å². The van der Waals surface area contributed by atoms with Crippen molar-refractivity contribution in [3.05, 3.63) is 29.8 Å². The van der Waals surface area contributed by atoms with Crippen LogP contribution in [0, 0.1) is 0 Å². The first-order valence-corrected chi connectivity index (χ1v) is 11.1. The topological polar surface area (TPSA) is 92.9 Å². The number of hydrogen-bond acceptors (Lipinski definition) is 5. The van der Waals surface area contributed by atoms with Gasteiger partial charge in [-0.1, -0.05) is 12.1 Å². The lowest BCUT2D eigenvalue weighted by atomic mass is 10.0. The van der Waals surface area contributed by atoms with Gasteiger partial charge in [0.15, 0.2) is 0 Å². The average Bonchev–Trinajstić information content (AvgIpc) is 2.73. The van der Waals surface area contributed by atoms with Crippen LogP contribution in [0.25, 0.3) is 0 Å². The van der Waals surface area contributed by atoms with Gasteiger partial charge in [-0.25, -0.2) is 8.42 Å². The van der Waals surface area contributed by atoms with Crippen LogP contribution in [0.5, 0.6) is 0 Å². The monoisotopic (exact) mass is 431 g/mol. The third kappa shape index (κ3) is 5.45. The Bertz CT molecular complexity index is 736. The van der Waals surface area contributed by atoms with Gasteiger partial charge in [-0.05, 0) is 43.4 Å². The molecule has 0 aromatic heterocycles. The predicted octanol–water partition coefficient (Wildman–Crippen LogP) is 1.40. The summed E-state index contributed by atoms with van der Waals surface area (Å²) in [4.78, 5) is 14.7. The molecule has 1 aromatic rings. The normalized spacial score (nSPS) is 21.2. The number of nitrogens with two attached hydrogens (primary N) is 1. The molecule has 0 bridgehead atoms. The maximum absolute atomic E-state index is 12.6. The lowest BCUT2D eigenvalue weighted by Crippen LogP contribution is -2.47. The number of morpholine rings is 1. The number of carbonyl (C=O) groups excluding carboxylic acids is 1. The molecule has 2 N–H and O–H groups in total. The van der Waals surface area contributed by atoms with Gasteiger partial charge in [0, 0.05) is 38.6 Å². The smallest absolute Gasteiger partial charge is 0.243 e. The van der Waals surface area contributed by atoms with Crippen LogP contribution in [-0.2, 0) is 26.0 Å². The third-order valence-electron chi connectivity index (χ3n) is 5.38. The second-order valence-electron chi connectivity index (χ2n) is 7.13. The Labute approximate surface area is 173 Å². The molecule has 2 saturated heterocycles. The number of likely N-dealkylation sites (tertiary alicyclic amines) is 1. The molecular weight excluding hydrogens is 402 g/mol. The molecule has 0 saturated carbocycles.